The van der Waals surface area contributed by atoms with E-state index in [1.165, 1.54) is 11.8 Å². The Labute approximate surface area is 130 Å². The lowest BCUT2D eigenvalue weighted by atomic mass is 10.1. The van der Waals surface area contributed by atoms with Crippen LogP contribution in [-0.2, 0) is 6.42 Å². The predicted molar refractivity (Wildman–Crippen MR) is 85.7 cm³/mol. The van der Waals surface area contributed by atoms with E-state index in [0.717, 1.165) is 18.5 Å². The minimum absolute atomic E-state index is 0.0788. The number of hydrogen-bond donors (Lipinski definition) is 1. The molecule has 0 saturated carbocycles. The Morgan fingerprint density at radius 3 is 2.71 bits per heavy atom. The monoisotopic (exact) mass is 302 g/mol. The molecule has 0 spiro atoms. The van der Waals surface area contributed by atoms with Crippen molar-refractivity contribution in [2.45, 2.75) is 32.7 Å². The summed E-state index contributed by atoms with van der Waals surface area (Å²) in [6.45, 7) is 3.84. The highest BCUT2D eigenvalue weighted by Crippen LogP contribution is 2.16. The fraction of sp³-hybridized carbons (Fsp3) is 0.294. The van der Waals surface area contributed by atoms with Crippen LogP contribution in [0.4, 0.5) is 0 Å². The van der Waals surface area contributed by atoms with Gasteiger partial charge in [-0.25, -0.2) is 0 Å². The van der Waals surface area contributed by atoms with Gasteiger partial charge in [0.05, 0.1) is 10.6 Å². The number of pyridine rings is 1. The van der Waals surface area contributed by atoms with E-state index in [9.17, 15) is 4.79 Å². The van der Waals surface area contributed by atoms with E-state index in [1.807, 2.05) is 32.0 Å². The second-order valence-corrected chi connectivity index (χ2v) is 5.61. The summed E-state index contributed by atoms with van der Waals surface area (Å²) in [4.78, 5) is 16.3. The van der Waals surface area contributed by atoms with Crippen LogP contribution in [0.15, 0.2) is 42.6 Å². The van der Waals surface area contributed by atoms with Gasteiger partial charge in [0.1, 0.15) is 0 Å². The molecule has 1 N–H and O–H groups in total. The number of nitrogens with zero attached hydrogens (tertiary/aromatic N) is 1. The van der Waals surface area contributed by atoms with Crippen LogP contribution in [0.1, 0.15) is 35.0 Å². The first-order valence-electron chi connectivity index (χ1n) is 7.03. The molecule has 2 rings (SSSR count). The first-order valence-corrected chi connectivity index (χ1v) is 7.41. The molecule has 1 amide bonds. The SMILES string of the molecule is Cc1cc(Cl)c(C(=O)NC(C)CCc2ccccc2)cn1. The van der Waals surface area contributed by atoms with Crippen LogP contribution in [0, 0.1) is 6.92 Å². The molecule has 0 aliphatic rings. The quantitative estimate of drug-likeness (QED) is 0.913. The Balaban J connectivity index is 1.90. The number of aryl methyl sites for hydroxylation is 2. The lowest BCUT2D eigenvalue weighted by molar-refractivity contribution is 0.0938. The minimum atomic E-state index is -0.173. The molecule has 0 aliphatic carbocycles. The summed E-state index contributed by atoms with van der Waals surface area (Å²) >= 11 is 6.08. The van der Waals surface area contributed by atoms with Gasteiger partial charge in [-0.05, 0) is 38.3 Å². The number of carbonyl (C=O) groups excluding carboxylic acids is 1. The second kappa shape index (κ2) is 7.23. The van der Waals surface area contributed by atoms with Crippen LogP contribution < -0.4 is 5.32 Å². The number of rotatable bonds is 5. The third-order valence-electron chi connectivity index (χ3n) is 3.32. The summed E-state index contributed by atoms with van der Waals surface area (Å²) in [7, 11) is 0. The molecule has 0 radical (unpaired) electrons. The molecule has 3 nitrogen and oxygen atoms in total. The van der Waals surface area contributed by atoms with E-state index in [4.69, 9.17) is 11.6 Å². The molecule has 2 aromatic rings. The topological polar surface area (TPSA) is 42.0 Å². The Kier molecular flexibility index (Phi) is 5.34. The lowest BCUT2D eigenvalue weighted by Crippen LogP contribution is -2.33. The summed E-state index contributed by atoms with van der Waals surface area (Å²) in [5, 5.41) is 3.40. The Hall–Kier alpha value is -1.87. The van der Waals surface area contributed by atoms with Crippen molar-refractivity contribution in [2.75, 3.05) is 0 Å². The summed E-state index contributed by atoms with van der Waals surface area (Å²) in [6.07, 6.45) is 3.34. The Morgan fingerprint density at radius 1 is 1.33 bits per heavy atom. The van der Waals surface area contributed by atoms with E-state index in [0.29, 0.717) is 10.6 Å². The van der Waals surface area contributed by atoms with Crippen molar-refractivity contribution in [1.82, 2.24) is 10.3 Å². The molecule has 1 aromatic heterocycles. The molecule has 0 aliphatic heterocycles. The predicted octanol–water partition coefficient (Wildman–Crippen LogP) is 3.79. The number of aromatic nitrogens is 1. The van der Waals surface area contributed by atoms with Crippen molar-refractivity contribution in [2.24, 2.45) is 0 Å². The number of nitrogens with one attached hydrogen (secondary N) is 1. The van der Waals surface area contributed by atoms with Crippen molar-refractivity contribution in [3.05, 3.63) is 64.4 Å². The van der Waals surface area contributed by atoms with Crippen molar-refractivity contribution < 1.29 is 4.79 Å². The van der Waals surface area contributed by atoms with E-state index in [2.05, 4.69) is 22.4 Å². The molecular formula is C17H19ClN2O. The third kappa shape index (κ3) is 4.57. The second-order valence-electron chi connectivity index (χ2n) is 5.20. The number of amides is 1. The first kappa shape index (κ1) is 15.5. The van der Waals surface area contributed by atoms with E-state index in [-0.39, 0.29) is 11.9 Å². The number of benzene rings is 1. The summed E-state index contributed by atoms with van der Waals surface area (Å²) in [6, 6.07) is 12.0. The molecular weight excluding hydrogens is 284 g/mol. The fourth-order valence-electron chi connectivity index (χ4n) is 2.10. The molecule has 21 heavy (non-hydrogen) atoms. The number of hydrogen-bond acceptors (Lipinski definition) is 2. The van der Waals surface area contributed by atoms with E-state index in [1.54, 1.807) is 6.07 Å². The van der Waals surface area contributed by atoms with Crippen molar-refractivity contribution in [1.29, 1.82) is 0 Å². The highest BCUT2D eigenvalue weighted by atomic mass is 35.5. The molecule has 0 bridgehead atoms. The van der Waals surface area contributed by atoms with Crippen LogP contribution in [0.25, 0.3) is 0 Å². The van der Waals surface area contributed by atoms with E-state index >= 15 is 0 Å². The van der Waals surface area contributed by atoms with Crippen molar-refractivity contribution >= 4 is 17.5 Å². The molecule has 4 heteroatoms. The maximum absolute atomic E-state index is 12.2. The third-order valence-corrected chi connectivity index (χ3v) is 3.63. The smallest absolute Gasteiger partial charge is 0.254 e. The van der Waals surface area contributed by atoms with Gasteiger partial charge in [0.25, 0.3) is 5.91 Å². The van der Waals surface area contributed by atoms with Gasteiger partial charge < -0.3 is 5.32 Å². The number of carbonyl (C=O) groups is 1. The molecule has 1 aromatic carbocycles. The first-order chi connectivity index (χ1) is 10.1. The maximum Gasteiger partial charge on any atom is 0.254 e. The zero-order chi connectivity index (χ0) is 15.2. The molecule has 1 heterocycles. The molecule has 0 fully saturated rings. The van der Waals surface area contributed by atoms with E-state index < -0.39 is 0 Å². The molecule has 110 valence electrons. The van der Waals surface area contributed by atoms with Crippen LogP contribution >= 0.6 is 11.6 Å². The zero-order valence-electron chi connectivity index (χ0n) is 12.3. The average Bonchev–Trinajstić information content (AvgIpc) is 2.46. The summed E-state index contributed by atoms with van der Waals surface area (Å²) in [5.74, 6) is -0.173. The van der Waals surface area contributed by atoms with Gasteiger partial charge in [-0.15, -0.1) is 0 Å². The van der Waals surface area contributed by atoms with Crippen LogP contribution in [0.3, 0.4) is 0 Å². The number of halogens is 1. The Bertz CT molecular complexity index is 613. The van der Waals surface area contributed by atoms with Crippen LogP contribution in [0.5, 0.6) is 0 Å². The van der Waals surface area contributed by atoms with Gasteiger partial charge in [0.2, 0.25) is 0 Å². The standard InChI is InChI=1S/C17H19ClN2O/c1-12(8-9-14-6-4-3-5-7-14)20-17(21)15-11-19-13(2)10-16(15)18/h3-7,10-12H,8-9H2,1-2H3,(H,20,21). The Morgan fingerprint density at radius 2 is 2.05 bits per heavy atom. The van der Waals surface area contributed by atoms with Gasteiger partial charge in [0, 0.05) is 17.9 Å². The van der Waals surface area contributed by atoms with Crippen LogP contribution in [-0.4, -0.2) is 16.9 Å². The zero-order valence-corrected chi connectivity index (χ0v) is 13.0. The van der Waals surface area contributed by atoms with Crippen molar-refractivity contribution in [3.63, 3.8) is 0 Å². The van der Waals surface area contributed by atoms with Crippen LogP contribution in [0.2, 0.25) is 5.02 Å². The molecule has 1 atom stereocenters. The lowest BCUT2D eigenvalue weighted by Gasteiger charge is -2.14. The highest BCUT2D eigenvalue weighted by Gasteiger charge is 2.13. The highest BCUT2D eigenvalue weighted by molar-refractivity contribution is 6.33. The molecule has 1 unspecified atom stereocenters. The maximum atomic E-state index is 12.2. The van der Waals surface area contributed by atoms with Gasteiger partial charge in [0.15, 0.2) is 0 Å². The largest absolute Gasteiger partial charge is 0.349 e. The van der Waals surface area contributed by atoms with Gasteiger partial charge >= 0.3 is 0 Å². The minimum Gasteiger partial charge on any atom is -0.349 e. The average molecular weight is 303 g/mol. The fourth-order valence-corrected chi connectivity index (χ4v) is 2.39. The van der Waals surface area contributed by atoms with Crippen molar-refractivity contribution in [3.8, 4) is 0 Å². The van der Waals surface area contributed by atoms with Gasteiger partial charge in [-0.2, -0.15) is 0 Å². The summed E-state index contributed by atoms with van der Waals surface area (Å²) in [5.41, 5.74) is 2.50. The normalized spacial score (nSPS) is 12.0. The molecule has 0 saturated heterocycles. The van der Waals surface area contributed by atoms with Gasteiger partial charge in [-0.1, -0.05) is 41.9 Å². The van der Waals surface area contributed by atoms with Gasteiger partial charge in [-0.3, -0.25) is 9.78 Å². The summed E-state index contributed by atoms with van der Waals surface area (Å²) < 4.78 is 0.